The van der Waals surface area contributed by atoms with Gasteiger partial charge in [0.1, 0.15) is 5.82 Å². The summed E-state index contributed by atoms with van der Waals surface area (Å²) in [6.07, 6.45) is 6.21. The molecule has 242 valence electrons. The molecular weight excluding hydrogens is 629 g/mol. The molecule has 5 heterocycles. The average molecular weight is 665 g/mol. The van der Waals surface area contributed by atoms with Gasteiger partial charge in [-0.3, -0.25) is 4.31 Å². The van der Waals surface area contributed by atoms with Crippen LogP contribution in [0.2, 0.25) is 0 Å². The minimum absolute atomic E-state index is 0.0895. The van der Waals surface area contributed by atoms with E-state index in [0.717, 1.165) is 17.7 Å². The predicted molar refractivity (Wildman–Crippen MR) is 172 cm³/mol. The van der Waals surface area contributed by atoms with Gasteiger partial charge in [-0.1, -0.05) is 48.5 Å². The zero-order valence-corrected chi connectivity index (χ0v) is 26.9. The molecule has 4 aliphatic heterocycles. The number of aromatic nitrogens is 2. The lowest BCUT2D eigenvalue weighted by Crippen LogP contribution is -2.48. The largest absolute Gasteiger partial charge is 0.309 e. The summed E-state index contributed by atoms with van der Waals surface area (Å²) in [5, 5.41) is 22.4. The van der Waals surface area contributed by atoms with Gasteiger partial charge in [0, 0.05) is 76.1 Å². The molecule has 2 atom stereocenters. The Labute approximate surface area is 270 Å². The molecule has 1 N–H and O–H groups in total. The van der Waals surface area contributed by atoms with Crippen LogP contribution >= 0.6 is 0 Å². The standard InChI is InChI=1S/C17H20N6O2S.C13H16N4O2S/c18-13-21-10-7-15(12-21)20-26(24,25)23-9-4-8-22-17(23)11-16(19-22)14-5-2-1-3-6-14;14-11-15-7-6-13(10-15)17-9-8-16(20(17,18)19)12-4-2-1-3-5-12/h1-3,5-6,11,15,20H,4,7-10,12H2;1-5,13H,6-10H2/t15-;13-/m10/s1. The van der Waals surface area contributed by atoms with Gasteiger partial charge in [0.15, 0.2) is 12.4 Å². The summed E-state index contributed by atoms with van der Waals surface area (Å²) >= 11 is 0. The van der Waals surface area contributed by atoms with E-state index in [-0.39, 0.29) is 12.1 Å². The molecule has 1 aromatic heterocycles. The number of rotatable bonds is 6. The molecule has 14 nitrogen and oxygen atoms in total. The lowest BCUT2D eigenvalue weighted by atomic mass is 10.1. The number of nitriles is 2. The number of benzene rings is 2. The second kappa shape index (κ2) is 13.2. The van der Waals surface area contributed by atoms with Crippen LogP contribution in [0, 0.1) is 22.9 Å². The number of anilines is 2. The van der Waals surface area contributed by atoms with Gasteiger partial charge in [-0.25, -0.2) is 8.99 Å². The fourth-order valence-corrected chi connectivity index (χ4v) is 9.63. The van der Waals surface area contributed by atoms with Crippen molar-refractivity contribution in [2.45, 2.75) is 37.9 Å². The van der Waals surface area contributed by atoms with E-state index >= 15 is 0 Å². The second-order valence-corrected chi connectivity index (χ2v) is 15.0. The maximum atomic E-state index is 12.9. The Morgan fingerprint density at radius 3 is 2.17 bits per heavy atom. The highest BCUT2D eigenvalue weighted by Crippen LogP contribution is 2.30. The summed E-state index contributed by atoms with van der Waals surface area (Å²) in [7, 11) is -7.16. The molecule has 46 heavy (non-hydrogen) atoms. The van der Waals surface area contributed by atoms with E-state index in [1.54, 1.807) is 26.6 Å². The van der Waals surface area contributed by atoms with Gasteiger partial charge in [0.25, 0.3) is 0 Å². The summed E-state index contributed by atoms with van der Waals surface area (Å²) in [6.45, 7) is 4.20. The van der Waals surface area contributed by atoms with Gasteiger partial charge in [0.2, 0.25) is 0 Å². The van der Waals surface area contributed by atoms with Crippen LogP contribution in [-0.2, 0) is 27.0 Å². The van der Waals surface area contributed by atoms with Crippen molar-refractivity contribution >= 4 is 31.9 Å². The van der Waals surface area contributed by atoms with E-state index in [4.69, 9.17) is 10.5 Å². The highest BCUT2D eigenvalue weighted by Gasteiger charge is 2.43. The summed E-state index contributed by atoms with van der Waals surface area (Å²) < 4.78 is 60.0. The highest BCUT2D eigenvalue weighted by atomic mass is 32.2. The Morgan fingerprint density at radius 2 is 1.50 bits per heavy atom. The van der Waals surface area contributed by atoms with Crippen molar-refractivity contribution in [3.8, 4) is 23.6 Å². The topological polar surface area (TPSA) is 162 Å². The van der Waals surface area contributed by atoms with Crippen molar-refractivity contribution in [2.75, 3.05) is 54.4 Å². The van der Waals surface area contributed by atoms with E-state index in [2.05, 4.69) is 22.2 Å². The zero-order chi connectivity index (χ0) is 32.3. The van der Waals surface area contributed by atoms with Crippen LogP contribution < -0.4 is 13.3 Å². The molecule has 3 fully saturated rings. The van der Waals surface area contributed by atoms with Gasteiger partial charge in [-0.2, -0.15) is 41.5 Å². The maximum Gasteiger partial charge on any atom is 0.304 e. The molecule has 3 saturated heterocycles. The smallest absolute Gasteiger partial charge is 0.304 e. The highest BCUT2D eigenvalue weighted by molar-refractivity contribution is 7.91. The van der Waals surface area contributed by atoms with Gasteiger partial charge in [0.05, 0.1) is 11.4 Å². The first-order chi connectivity index (χ1) is 22.2. The predicted octanol–water partition coefficient (Wildman–Crippen LogP) is 1.76. The third kappa shape index (κ3) is 6.47. The second-order valence-electron chi connectivity index (χ2n) is 11.6. The molecule has 4 aliphatic rings. The third-order valence-electron chi connectivity index (χ3n) is 8.60. The molecule has 0 aliphatic carbocycles. The number of para-hydroxylation sites is 1. The van der Waals surface area contributed by atoms with E-state index in [1.807, 2.05) is 54.6 Å². The van der Waals surface area contributed by atoms with Crippen LogP contribution in [0.1, 0.15) is 19.3 Å². The first-order valence-electron chi connectivity index (χ1n) is 15.3. The molecule has 0 bridgehead atoms. The Balaban J connectivity index is 0.000000167. The summed E-state index contributed by atoms with van der Waals surface area (Å²) in [6, 6.07) is 20.4. The average Bonchev–Trinajstić information content (AvgIpc) is 3.87. The quantitative estimate of drug-likeness (QED) is 0.387. The number of hydrogen-bond donors (Lipinski definition) is 1. The number of nitrogens with zero attached hydrogens (tertiary/aromatic N) is 9. The number of aryl methyl sites for hydroxylation is 1. The van der Waals surface area contributed by atoms with Gasteiger partial charge in [-0.05, 0) is 31.4 Å². The molecule has 0 spiro atoms. The van der Waals surface area contributed by atoms with Crippen LogP contribution in [0.25, 0.3) is 11.3 Å². The minimum Gasteiger partial charge on any atom is -0.309 e. The van der Waals surface area contributed by atoms with Crippen LogP contribution in [0.15, 0.2) is 66.7 Å². The molecule has 0 saturated carbocycles. The molecule has 0 unspecified atom stereocenters. The SMILES string of the molecule is N#CN1CC[C@@H](NS(=O)(=O)N2CCCn3nc(-c4ccccc4)cc32)C1.N#CN1CC[C@H](N2CCN(c3ccccc3)S2(=O)=O)C1. The number of fused-ring (bicyclic) bond motifs is 1. The van der Waals surface area contributed by atoms with E-state index in [1.165, 1.54) is 12.9 Å². The van der Waals surface area contributed by atoms with Crippen molar-refractivity contribution < 1.29 is 16.8 Å². The van der Waals surface area contributed by atoms with Crippen molar-refractivity contribution in [3.05, 3.63) is 66.7 Å². The molecule has 2 aromatic carbocycles. The first-order valence-corrected chi connectivity index (χ1v) is 18.1. The number of hydrogen-bond acceptors (Lipinski definition) is 9. The van der Waals surface area contributed by atoms with Gasteiger partial charge >= 0.3 is 20.4 Å². The van der Waals surface area contributed by atoms with E-state index in [9.17, 15) is 16.8 Å². The number of nitrogens with one attached hydrogen (secondary N) is 1. The summed E-state index contributed by atoms with van der Waals surface area (Å²) in [5.74, 6) is 0.581. The maximum absolute atomic E-state index is 12.9. The molecule has 0 radical (unpaired) electrons. The molecule has 0 amide bonds. The molecule has 3 aromatic rings. The van der Waals surface area contributed by atoms with E-state index in [0.29, 0.717) is 76.7 Å². The Kier molecular flexibility index (Phi) is 9.06. The van der Waals surface area contributed by atoms with Crippen molar-refractivity contribution in [3.63, 3.8) is 0 Å². The van der Waals surface area contributed by atoms with E-state index < -0.39 is 20.4 Å². The number of likely N-dealkylation sites (tertiary alicyclic amines) is 2. The molecule has 7 rings (SSSR count). The zero-order valence-electron chi connectivity index (χ0n) is 25.3. The molecule has 16 heteroatoms. The first kappa shape index (κ1) is 31.6. The van der Waals surface area contributed by atoms with Crippen molar-refractivity contribution in [1.82, 2.24) is 28.6 Å². The monoisotopic (exact) mass is 664 g/mol. The Hall–Kier alpha value is -4.35. The fraction of sp³-hybridized carbons (Fsp3) is 0.433. The Bertz CT molecular complexity index is 1820. The van der Waals surface area contributed by atoms with Crippen LogP contribution in [0.4, 0.5) is 11.5 Å². The summed E-state index contributed by atoms with van der Waals surface area (Å²) in [4.78, 5) is 3.19. The Morgan fingerprint density at radius 1 is 0.826 bits per heavy atom. The van der Waals surface area contributed by atoms with Crippen molar-refractivity contribution in [1.29, 1.82) is 10.5 Å². The fourth-order valence-electron chi connectivity index (χ4n) is 6.31. The van der Waals surface area contributed by atoms with Gasteiger partial charge < -0.3 is 9.80 Å². The van der Waals surface area contributed by atoms with Crippen LogP contribution in [0.5, 0.6) is 0 Å². The normalized spacial score (nSPS) is 22.6. The third-order valence-corrected chi connectivity index (χ3v) is 12.2. The van der Waals surface area contributed by atoms with Crippen molar-refractivity contribution in [2.24, 2.45) is 0 Å². The lowest BCUT2D eigenvalue weighted by molar-refractivity contribution is 0.345. The minimum atomic E-state index is -3.69. The lowest BCUT2D eigenvalue weighted by Gasteiger charge is -2.29. The molecular formula is C30H36N10O4S2. The summed E-state index contributed by atoms with van der Waals surface area (Å²) in [5.41, 5.74) is 2.42. The van der Waals surface area contributed by atoms with Crippen LogP contribution in [-0.4, -0.2) is 98.6 Å². The van der Waals surface area contributed by atoms with Gasteiger partial charge in [-0.15, -0.1) is 0 Å². The van der Waals surface area contributed by atoms with Crippen LogP contribution in [0.3, 0.4) is 0 Å².